The van der Waals surface area contributed by atoms with Crippen LogP contribution in [0.3, 0.4) is 0 Å². The maximum atomic E-state index is 5.66. The van der Waals surface area contributed by atoms with Crippen molar-refractivity contribution in [3.63, 3.8) is 0 Å². The second-order valence-corrected chi connectivity index (χ2v) is 7.99. The Morgan fingerprint density at radius 3 is 2.63 bits per heavy atom. The number of nitrogens with zero attached hydrogens (tertiary/aromatic N) is 3. The standard InChI is InChI=1S/C20H29N3O3S/c1-13(2)19-21-20(26-22-19)15-8-6-7-9-23(15)12-14-10-17(25-4)18(27-5)11-16(14)24-3/h10-11,13,15H,6-9,12H2,1-5H3/t15-/m0/s1. The van der Waals surface area contributed by atoms with Crippen LogP contribution in [0.15, 0.2) is 21.6 Å². The summed E-state index contributed by atoms with van der Waals surface area (Å²) in [7, 11) is 3.43. The number of aromatic nitrogens is 2. The van der Waals surface area contributed by atoms with Crippen LogP contribution in [0.5, 0.6) is 11.5 Å². The normalized spacial score (nSPS) is 18.1. The van der Waals surface area contributed by atoms with Crippen molar-refractivity contribution in [2.24, 2.45) is 0 Å². The summed E-state index contributed by atoms with van der Waals surface area (Å²) in [6.07, 6.45) is 5.41. The molecule has 0 unspecified atom stereocenters. The highest BCUT2D eigenvalue weighted by Gasteiger charge is 2.30. The first-order valence-electron chi connectivity index (χ1n) is 9.43. The monoisotopic (exact) mass is 391 g/mol. The number of hydrogen-bond acceptors (Lipinski definition) is 7. The first-order valence-corrected chi connectivity index (χ1v) is 10.7. The van der Waals surface area contributed by atoms with Crippen molar-refractivity contribution >= 4 is 11.8 Å². The summed E-state index contributed by atoms with van der Waals surface area (Å²) in [6, 6.07) is 4.29. The minimum atomic E-state index is 0.148. The molecular weight excluding hydrogens is 362 g/mol. The number of likely N-dealkylation sites (tertiary alicyclic amines) is 1. The molecule has 1 atom stereocenters. The average molecular weight is 392 g/mol. The molecule has 1 aliphatic heterocycles. The van der Waals surface area contributed by atoms with Gasteiger partial charge in [0.2, 0.25) is 5.89 Å². The molecule has 0 amide bonds. The minimum absolute atomic E-state index is 0.148. The first kappa shape index (κ1) is 20.0. The molecule has 0 aliphatic carbocycles. The predicted molar refractivity (Wildman–Crippen MR) is 107 cm³/mol. The molecule has 0 bridgehead atoms. The molecule has 2 aromatic rings. The van der Waals surface area contributed by atoms with Gasteiger partial charge in [-0.25, -0.2) is 0 Å². The van der Waals surface area contributed by atoms with Crippen LogP contribution >= 0.6 is 11.8 Å². The Balaban J connectivity index is 1.87. The maximum Gasteiger partial charge on any atom is 0.244 e. The van der Waals surface area contributed by atoms with Crippen LogP contribution < -0.4 is 9.47 Å². The molecule has 1 saturated heterocycles. The van der Waals surface area contributed by atoms with Gasteiger partial charge in [-0.3, -0.25) is 4.90 Å². The fraction of sp³-hybridized carbons (Fsp3) is 0.600. The molecule has 0 saturated carbocycles. The van der Waals surface area contributed by atoms with Crippen LogP contribution in [0, 0.1) is 0 Å². The lowest BCUT2D eigenvalue weighted by molar-refractivity contribution is 0.110. The van der Waals surface area contributed by atoms with E-state index in [-0.39, 0.29) is 12.0 Å². The Morgan fingerprint density at radius 1 is 1.22 bits per heavy atom. The highest BCUT2D eigenvalue weighted by Crippen LogP contribution is 2.38. The van der Waals surface area contributed by atoms with E-state index in [1.807, 2.05) is 6.26 Å². The third kappa shape index (κ3) is 4.41. The van der Waals surface area contributed by atoms with Crippen LogP contribution in [-0.4, -0.2) is 42.1 Å². The smallest absolute Gasteiger partial charge is 0.244 e. The van der Waals surface area contributed by atoms with Gasteiger partial charge >= 0.3 is 0 Å². The van der Waals surface area contributed by atoms with Crippen molar-refractivity contribution in [1.82, 2.24) is 15.0 Å². The van der Waals surface area contributed by atoms with E-state index in [1.165, 1.54) is 12.8 Å². The van der Waals surface area contributed by atoms with Gasteiger partial charge in [-0.2, -0.15) is 4.98 Å². The van der Waals surface area contributed by atoms with Crippen molar-refractivity contribution < 1.29 is 14.0 Å². The Morgan fingerprint density at radius 2 is 2.00 bits per heavy atom. The fourth-order valence-electron chi connectivity index (χ4n) is 3.51. The molecule has 0 radical (unpaired) electrons. The topological polar surface area (TPSA) is 60.6 Å². The zero-order valence-electron chi connectivity index (χ0n) is 16.8. The van der Waals surface area contributed by atoms with Crippen LogP contribution in [-0.2, 0) is 6.54 Å². The van der Waals surface area contributed by atoms with Gasteiger partial charge < -0.3 is 14.0 Å². The van der Waals surface area contributed by atoms with Crippen molar-refractivity contribution in [2.75, 3.05) is 27.0 Å². The van der Waals surface area contributed by atoms with Crippen LogP contribution in [0.2, 0.25) is 0 Å². The first-order chi connectivity index (χ1) is 13.1. The molecule has 148 valence electrons. The van der Waals surface area contributed by atoms with Crippen molar-refractivity contribution in [3.05, 3.63) is 29.4 Å². The number of hydrogen-bond donors (Lipinski definition) is 0. The summed E-state index contributed by atoms with van der Waals surface area (Å²) >= 11 is 1.66. The summed E-state index contributed by atoms with van der Waals surface area (Å²) in [5, 5.41) is 4.16. The number of thioether (sulfide) groups is 1. The Hall–Kier alpha value is -1.73. The molecule has 0 spiro atoms. The SMILES string of the molecule is COc1cc(SC)c(OC)cc1CN1CCCC[C@H]1c1nc(C(C)C)no1. The largest absolute Gasteiger partial charge is 0.496 e. The summed E-state index contributed by atoms with van der Waals surface area (Å²) in [5.74, 6) is 3.54. The molecule has 7 heteroatoms. The highest BCUT2D eigenvalue weighted by molar-refractivity contribution is 7.98. The highest BCUT2D eigenvalue weighted by atomic mass is 32.2. The van der Waals surface area contributed by atoms with Crippen molar-refractivity contribution in [3.8, 4) is 11.5 Å². The van der Waals surface area contributed by atoms with E-state index in [2.05, 4.69) is 41.0 Å². The molecule has 1 aromatic carbocycles. The molecular formula is C20H29N3O3S. The van der Waals surface area contributed by atoms with Gasteiger partial charge in [0.15, 0.2) is 5.82 Å². The van der Waals surface area contributed by atoms with Gasteiger partial charge in [-0.15, -0.1) is 11.8 Å². The summed E-state index contributed by atoms with van der Waals surface area (Å²) in [5.41, 5.74) is 1.11. The molecule has 6 nitrogen and oxygen atoms in total. The van der Waals surface area contributed by atoms with E-state index in [9.17, 15) is 0 Å². The second-order valence-electron chi connectivity index (χ2n) is 7.15. The molecule has 1 fully saturated rings. The number of piperidine rings is 1. The second kappa shape index (κ2) is 8.97. The zero-order chi connectivity index (χ0) is 19.4. The van der Waals surface area contributed by atoms with E-state index >= 15 is 0 Å². The van der Waals surface area contributed by atoms with E-state index in [4.69, 9.17) is 14.0 Å². The number of rotatable bonds is 7. The predicted octanol–water partition coefficient (Wildman–Crippen LogP) is 4.66. The lowest BCUT2D eigenvalue weighted by Crippen LogP contribution is -2.33. The number of benzene rings is 1. The van der Waals surface area contributed by atoms with Crippen LogP contribution in [0.25, 0.3) is 0 Å². The fourth-order valence-corrected chi connectivity index (χ4v) is 4.08. The Labute approximate surface area is 165 Å². The number of methoxy groups -OCH3 is 2. The third-order valence-corrected chi connectivity index (χ3v) is 5.79. The van der Waals surface area contributed by atoms with Crippen molar-refractivity contribution in [2.45, 2.75) is 56.5 Å². The summed E-state index contributed by atoms with van der Waals surface area (Å²) in [4.78, 5) is 8.14. The molecule has 0 N–H and O–H groups in total. The van der Waals surface area contributed by atoms with Crippen LogP contribution in [0.4, 0.5) is 0 Å². The third-order valence-electron chi connectivity index (χ3n) is 5.03. The lowest BCUT2D eigenvalue weighted by atomic mass is 10.0. The van der Waals surface area contributed by atoms with E-state index < -0.39 is 0 Å². The van der Waals surface area contributed by atoms with Gasteiger partial charge in [0.05, 0.1) is 25.2 Å². The van der Waals surface area contributed by atoms with Gasteiger partial charge in [-0.1, -0.05) is 25.4 Å². The minimum Gasteiger partial charge on any atom is -0.496 e. The van der Waals surface area contributed by atoms with E-state index in [0.29, 0.717) is 0 Å². The summed E-state index contributed by atoms with van der Waals surface area (Å²) in [6.45, 7) is 5.92. The molecule has 2 heterocycles. The van der Waals surface area contributed by atoms with Gasteiger partial charge in [-0.05, 0) is 37.8 Å². The average Bonchev–Trinajstić information content (AvgIpc) is 3.18. The Bertz CT molecular complexity index is 763. The van der Waals surface area contributed by atoms with Crippen molar-refractivity contribution in [1.29, 1.82) is 0 Å². The molecule has 1 aliphatic rings. The molecule has 3 rings (SSSR count). The Kier molecular flexibility index (Phi) is 6.65. The summed E-state index contributed by atoms with van der Waals surface area (Å²) < 4.78 is 16.8. The quantitative estimate of drug-likeness (QED) is 0.636. The van der Waals surface area contributed by atoms with E-state index in [0.717, 1.165) is 53.2 Å². The van der Waals surface area contributed by atoms with Gasteiger partial charge in [0.1, 0.15) is 11.5 Å². The van der Waals surface area contributed by atoms with Gasteiger partial charge in [0.25, 0.3) is 0 Å². The number of ether oxygens (including phenoxy) is 2. The molecule has 1 aromatic heterocycles. The van der Waals surface area contributed by atoms with E-state index in [1.54, 1.807) is 26.0 Å². The van der Waals surface area contributed by atoms with Crippen LogP contribution in [0.1, 0.15) is 62.3 Å². The lowest BCUT2D eigenvalue weighted by Gasteiger charge is -2.33. The van der Waals surface area contributed by atoms with Gasteiger partial charge in [0, 0.05) is 18.0 Å². The maximum absolute atomic E-state index is 5.66. The molecule has 27 heavy (non-hydrogen) atoms. The zero-order valence-corrected chi connectivity index (χ0v) is 17.6.